The largest absolute Gasteiger partial charge is 0.493 e. The third-order valence-corrected chi connectivity index (χ3v) is 3.73. The quantitative estimate of drug-likeness (QED) is 0.879. The van der Waals surface area contributed by atoms with Crippen LogP contribution < -0.4 is 10.5 Å². The zero-order valence-electron chi connectivity index (χ0n) is 12.0. The van der Waals surface area contributed by atoms with Crippen LogP contribution in [0.2, 0.25) is 0 Å². The molecular formula is C15H19N3O3. The molecule has 6 heteroatoms. The van der Waals surface area contributed by atoms with Gasteiger partial charge in [0.15, 0.2) is 5.82 Å². The fraction of sp³-hybridized carbons (Fsp3) is 0.467. The summed E-state index contributed by atoms with van der Waals surface area (Å²) in [6.07, 6.45) is 1.06. The van der Waals surface area contributed by atoms with Crippen LogP contribution in [0, 0.1) is 0 Å². The Kier molecular flexibility index (Phi) is 3.65. The van der Waals surface area contributed by atoms with Crippen molar-refractivity contribution in [2.45, 2.75) is 31.3 Å². The maximum Gasteiger partial charge on any atom is 0.229 e. The average Bonchev–Trinajstić information content (AvgIpc) is 2.94. The van der Waals surface area contributed by atoms with E-state index in [1.54, 1.807) is 6.92 Å². The van der Waals surface area contributed by atoms with Gasteiger partial charge in [-0.2, -0.15) is 4.98 Å². The first-order valence-electron chi connectivity index (χ1n) is 7.06. The van der Waals surface area contributed by atoms with E-state index in [-0.39, 0.29) is 18.9 Å². The highest BCUT2D eigenvalue weighted by molar-refractivity contribution is 5.40. The molecule has 2 unspecified atom stereocenters. The van der Waals surface area contributed by atoms with Crippen molar-refractivity contribution in [2.75, 3.05) is 13.2 Å². The van der Waals surface area contributed by atoms with Crippen molar-refractivity contribution in [1.82, 2.24) is 10.1 Å². The lowest BCUT2D eigenvalue weighted by atomic mass is 9.92. The molecule has 6 nitrogen and oxygen atoms in total. The molecule has 1 aliphatic heterocycles. The Morgan fingerprint density at radius 3 is 3.05 bits per heavy atom. The van der Waals surface area contributed by atoms with E-state index in [4.69, 9.17) is 15.0 Å². The summed E-state index contributed by atoms with van der Waals surface area (Å²) in [6, 6.07) is 7.88. The number of rotatable bonds is 4. The Labute approximate surface area is 122 Å². The first kappa shape index (κ1) is 14.0. The van der Waals surface area contributed by atoms with E-state index in [2.05, 4.69) is 10.1 Å². The molecule has 1 aliphatic rings. The molecule has 2 aromatic rings. The molecule has 3 N–H and O–H groups in total. The fourth-order valence-corrected chi connectivity index (χ4v) is 2.49. The number of ether oxygens (including phenoxy) is 1. The summed E-state index contributed by atoms with van der Waals surface area (Å²) in [5.74, 6) is 1.97. The zero-order chi connectivity index (χ0) is 14.9. The highest BCUT2D eigenvalue weighted by Crippen LogP contribution is 2.36. The van der Waals surface area contributed by atoms with Crippen LogP contribution >= 0.6 is 0 Å². The summed E-state index contributed by atoms with van der Waals surface area (Å²) in [4.78, 5) is 4.42. The number of hydrogen-bond acceptors (Lipinski definition) is 6. The molecule has 3 rings (SSSR count). The van der Waals surface area contributed by atoms with Crippen molar-refractivity contribution in [3.63, 3.8) is 0 Å². The molecule has 21 heavy (non-hydrogen) atoms. The average molecular weight is 289 g/mol. The number of aliphatic hydroxyl groups is 1. The lowest BCUT2D eigenvalue weighted by Gasteiger charge is -2.23. The molecule has 1 aromatic carbocycles. The van der Waals surface area contributed by atoms with Gasteiger partial charge in [0.1, 0.15) is 5.75 Å². The minimum Gasteiger partial charge on any atom is -0.493 e. The molecule has 0 fully saturated rings. The molecular weight excluding hydrogens is 270 g/mol. The normalized spacial score (nSPS) is 20.4. The van der Waals surface area contributed by atoms with Crippen LogP contribution in [0.5, 0.6) is 5.75 Å². The first-order valence-corrected chi connectivity index (χ1v) is 7.06. The van der Waals surface area contributed by atoms with Gasteiger partial charge in [0.25, 0.3) is 0 Å². The van der Waals surface area contributed by atoms with Crippen LogP contribution in [0.1, 0.15) is 36.5 Å². The zero-order valence-corrected chi connectivity index (χ0v) is 12.0. The second-order valence-electron chi connectivity index (χ2n) is 5.65. The summed E-state index contributed by atoms with van der Waals surface area (Å²) in [5, 5.41) is 14.0. The van der Waals surface area contributed by atoms with Gasteiger partial charge in [-0.25, -0.2) is 0 Å². The molecule has 0 saturated carbocycles. The van der Waals surface area contributed by atoms with Crippen LogP contribution in [-0.4, -0.2) is 34.0 Å². The summed E-state index contributed by atoms with van der Waals surface area (Å²) >= 11 is 0. The molecule has 1 aromatic heterocycles. The van der Waals surface area contributed by atoms with Crippen molar-refractivity contribution >= 4 is 0 Å². The Morgan fingerprint density at radius 1 is 1.43 bits per heavy atom. The minimum absolute atomic E-state index is 0.0651. The number of fused-ring (bicyclic) bond motifs is 1. The monoisotopic (exact) mass is 289 g/mol. The first-order chi connectivity index (χ1) is 10.1. The number of aromatic nitrogens is 2. The van der Waals surface area contributed by atoms with Crippen molar-refractivity contribution in [2.24, 2.45) is 5.73 Å². The van der Waals surface area contributed by atoms with E-state index in [0.29, 0.717) is 18.3 Å². The maximum atomic E-state index is 9.98. The van der Waals surface area contributed by atoms with E-state index >= 15 is 0 Å². The van der Waals surface area contributed by atoms with Gasteiger partial charge < -0.3 is 20.1 Å². The van der Waals surface area contributed by atoms with Gasteiger partial charge in [0.05, 0.1) is 24.5 Å². The summed E-state index contributed by atoms with van der Waals surface area (Å²) in [6.45, 7) is 2.43. The topological polar surface area (TPSA) is 94.4 Å². The van der Waals surface area contributed by atoms with E-state index in [9.17, 15) is 5.11 Å². The molecule has 0 aliphatic carbocycles. The van der Waals surface area contributed by atoms with Gasteiger partial charge >= 0.3 is 0 Å². The van der Waals surface area contributed by atoms with Crippen molar-refractivity contribution in [1.29, 1.82) is 0 Å². The highest BCUT2D eigenvalue weighted by atomic mass is 16.5. The van der Waals surface area contributed by atoms with E-state index in [0.717, 1.165) is 17.7 Å². The number of benzene rings is 1. The van der Waals surface area contributed by atoms with Crippen LogP contribution in [0.3, 0.4) is 0 Å². The van der Waals surface area contributed by atoms with Crippen molar-refractivity contribution in [3.05, 3.63) is 41.5 Å². The van der Waals surface area contributed by atoms with Crippen LogP contribution in [-0.2, 0) is 6.42 Å². The predicted octanol–water partition coefficient (Wildman–Crippen LogP) is 1.24. The smallest absolute Gasteiger partial charge is 0.229 e. The molecule has 0 spiro atoms. The fourth-order valence-electron chi connectivity index (χ4n) is 2.49. The molecule has 0 amide bonds. The molecule has 0 bridgehead atoms. The summed E-state index contributed by atoms with van der Waals surface area (Å²) < 4.78 is 10.9. The van der Waals surface area contributed by atoms with E-state index in [1.165, 1.54) is 0 Å². The number of para-hydroxylation sites is 1. The van der Waals surface area contributed by atoms with E-state index < -0.39 is 5.60 Å². The third kappa shape index (κ3) is 2.91. The molecule has 0 saturated heterocycles. The Hall–Kier alpha value is -1.92. The van der Waals surface area contributed by atoms with Gasteiger partial charge in [-0.3, -0.25) is 0 Å². The predicted molar refractivity (Wildman–Crippen MR) is 76.1 cm³/mol. The number of hydrogen-bond donors (Lipinski definition) is 2. The Bertz CT molecular complexity index is 624. The van der Waals surface area contributed by atoms with Gasteiger partial charge in [-0.05, 0) is 19.4 Å². The van der Waals surface area contributed by atoms with Gasteiger partial charge in [0.2, 0.25) is 5.89 Å². The molecule has 2 heterocycles. The third-order valence-electron chi connectivity index (χ3n) is 3.73. The second kappa shape index (κ2) is 5.46. The highest BCUT2D eigenvalue weighted by Gasteiger charge is 2.28. The SMILES string of the molecule is CC(O)(CN)Cc1nc(C2CCOc3ccccc32)no1. The van der Waals surface area contributed by atoms with E-state index in [1.807, 2.05) is 24.3 Å². The summed E-state index contributed by atoms with van der Waals surface area (Å²) in [7, 11) is 0. The molecule has 2 atom stereocenters. The van der Waals surface area contributed by atoms with Gasteiger partial charge in [-0.1, -0.05) is 23.4 Å². The van der Waals surface area contributed by atoms with Crippen molar-refractivity contribution in [3.8, 4) is 5.75 Å². The van der Waals surface area contributed by atoms with Gasteiger partial charge in [-0.15, -0.1) is 0 Å². The Morgan fingerprint density at radius 2 is 2.24 bits per heavy atom. The standard InChI is InChI=1S/C15H19N3O3/c1-15(19,9-16)8-13-17-14(18-21-13)11-6-7-20-12-5-3-2-4-10(11)12/h2-5,11,19H,6-9,16H2,1H3. The van der Waals surface area contributed by atoms with Crippen LogP contribution in [0.15, 0.2) is 28.8 Å². The molecule has 0 radical (unpaired) electrons. The lowest BCUT2D eigenvalue weighted by Crippen LogP contribution is -2.36. The number of nitrogens with zero attached hydrogens (tertiary/aromatic N) is 2. The molecule has 112 valence electrons. The van der Waals surface area contributed by atoms with Crippen LogP contribution in [0.25, 0.3) is 0 Å². The second-order valence-corrected chi connectivity index (χ2v) is 5.65. The minimum atomic E-state index is -1.03. The van der Waals surface area contributed by atoms with Crippen LogP contribution in [0.4, 0.5) is 0 Å². The van der Waals surface area contributed by atoms with Gasteiger partial charge in [0, 0.05) is 12.1 Å². The van der Waals surface area contributed by atoms with Crippen molar-refractivity contribution < 1.29 is 14.4 Å². The Balaban J connectivity index is 1.84. The maximum absolute atomic E-state index is 9.98. The lowest BCUT2D eigenvalue weighted by molar-refractivity contribution is 0.0610. The number of nitrogens with two attached hydrogens (primary N) is 1. The summed E-state index contributed by atoms with van der Waals surface area (Å²) in [5.41, 5.74) is 5.55.